The van der Waals surface area contributed by atoms with Gasteiger partial charge >= 0.3 is 0 Å². The monoisotopic (exact) mass is 310 g/mol. The first-order valence-electron chi connectivity index (χ1n) is 6.45. The summed E-state index contributed by atoms with van der Waals surface area (Å²) in [4.78, 5) is 13.4. The van der Waals surface area contributed by atoms with Crippen molar-refractivity contribution in [2.75, 3.05) is 27.8 Å². The Morgan fingerprint density at radius 3 is 2.38 bits per heavy atom. The molecule has 0 N–H and O–H groups in total. The maximum Gasteiger partial charge on any atom is 0.193 e. The first-order valence-corrected chi connectivity index (χ1v) is 7.26. The van der Waals surface area contributed by atoms with E-state index in [-0.39, 0.29) is 25.6 Å². The van der Waals surface area contributed by atoms with E-state index in [4.69, 9.17) is 18.9 Å². The van der Waals surface area contributed by atoms with Gasteiger partial charge < -0.3 is 18.9 Å². The van der Waals surface area contributed by atoms with Gasteiger partial charge in [0.25, 0.3) is 0 Å². The Balaban J connectivity index is 2.36. The second-order valence-corrected chi connectivity index (χ2v) is 5.48. The highest BCUT2D eigenvalue weighted by Crippen LogP contribution is 2.23. The molecule has 0 aliphatic rings. The first-order chi connectivity index (χ1) is 10.3. The predicted octanol–water partition coefficient (Wildman–Crippen LogP) is 2.50. The molecule has 0 atom stereocenters. The topological polar surface area (TPSA) is 54.0 Å². The van der Waals surface area contributed by atoms with E-state index in [9.17, 15) is 4.79 Å². The maximum atomic E-state index is 12.6. The zero-order chi connectivity index (χ0) is 15.1. The van der Waals surface area contributed by atoms with Gasteiger partial charge in [0.15, 0.2) is 5.43 Å². The Kier molecular flexibility index (Phi) is 6.28. The number of hydrogen-bond donors (Lipinski definition) is 0. The molecule has 1 heterocycles. The third kappa shape index (κ3) is 4.09. The molecule has 0 amide bonds. The van der Waals surface area contributed by atoms with Crippen LogP contribution in [0.1, 0.15) is 10.4 Å². The van der Waals surface area contributed by atoms with Crippen molar-refractivity contribution in [3.05, 3.63) is 44.9 Å². The fourth-order valence-electron chi connectivity index (χ4n) is 1.93. The molecule has 1 aromatic heterocycles. The molecule has 114 valence electrons. The van der Waals surface area contributed by atoms with Crippen LogP contribution in [0.25, 0.3) is 10.1 Å². The number of ether oxygens (including phenoxy) is 4. The van der Waals surface area contributed by atoms with E-state index in [0.29, 0.717) is 17.6 Å². The molecule has 0 unspecified atom stereocenters. The third-order valence-electron chi connectivity index (χ3n) is 2.86. The van der Waals surface area contributed by atoms with Crippen LogP contribution in [0.4, 0.5) is 0 Å². The van der Waals surface area contributed by atoms with Crippen molar-refractivity contribution in [2.45, 2.75) is 13.2 Å². The molecule has 0 bridgehead atoms. The summed E-state index contributed by atoms with van der Waals surface area (Å²) in [6.45, 7) is 0.866. The van der Waals surface area contributed by atoms with Gasteiger partial charge in [0.05, 0.1) is 13.2 Å². The first kappa shape index (κ1) is 16.1. The molecule has 2 aromatic rings. The Labute approximate surface area is 127 Å². The van der Waals surface area contributed by atoms with Crippen molar-refractivity contribution in [1.29, 1.82) is 0 Å². The summed E-state index contributed by atoms with van der Waals surface area (Å²) in [6, 6.07) is 7.53. The lowest BCUT2D eigenvalue weighted by atomic mass is 10.1. The van der Waals surface area contributed by atoms with Gasteiger partial charge in [-0.15, -0.1) is 11.3 Å². The Bertz CT molecular complexity index is 637. The van der Waals surface area contributed by atoms with Crippen LogP contribution >= 0.6 is 11.3 Å². The number of rotatable bonds is 8. The predicted molar refractivity (Wildman–Crippen MR) is 81.4 cm³/mol. The average molecular weight is 310 g/mol. The van der Waals surface area contributed by atoms with Gasteiger partial charge in [-0.2, -0.15) is 0 Å². The van der Waals surface area contributed by atoms with Crippen molar-refractivity contribution in [1.82, 2.24) is 0 Å². The second-order valence-electron chi connectivity index (χ2n) is 4.34. The van der Waals surface area contributed by atoms with Gasteiger partial charge in [-0.05, 0) is 12.1 Å². The lowest BCUT2D eigenvalue weighted by Gasteiger charge is -2.10. The number of benzene rings is 1. The molecule has 0 saturated carbocycles. The van der Waals surface area contributed by atoms with Crippen molar-refractivity contribution in [3.8, 4) is 0 Å². The highest BCUT2D eigenvalue weighted by Gasteiger charge is 2.13. The Morgan fingerprint density at radius 2 is 1.67 bits per heavy atom. The molecule has 1 aromatic carbocycles. The molecule has 0 fully saturated rings. The van der Waals surface area contributed by atoms with Crippen LogP contribution in [-0.4, -0.2) is 27.8 Å². The molecule has 6 heteroatoms. The molecular formula is C15H18O5S. The van der Waals surface area contributed by atoms with Crippen molar-refractivity contribution < 1.29 is 18.9 Å². The van der Waals surface area contributed by atoms with E-state index < -0.39 is 0 Å². The van der Waals surface area contributed by atoms with Crippen molar-refractivity contribution in [3.63, 3.8) is 0 Å². The summed E-state index contributed by atoms with van der Waals surface area (Å²) >= 11 is 1.53. The zero-order valence-corrected chi connectivity index (χ0v) is 12.9. The van der Waals surface area contributed by atoms with Gasteiger partial charge in [-0.1, -0.05) is 12.1 Å². The molecule has 0 spiro atoms. The molecule has 5 nitrogen and oxygen atoms in total. The van der Waals surface area contributed by atoms with E-state index in [1.807, 2.05) is 24.3 Å². The summed E-state index contributed by atoms with van der Waals surface area (Å²) in [5.74, 6) is 0. The fraction of sp³-hybridized carbons (Fsp3) is 0.400. The van der Waals surface area contributed by atoms with E-state index in [0.717, 1.165) is 9.58 Å². The summed E-state index contributed by atoms with van der Waals surface area (Å²) in [5, 5.41) is 0.703. The van der Waals surface area contributed by atoms with E-state index >= 15 is 0 Å². The van der Waals surface area contributed by atoms with Gasteiger partial charge in [0.1, 0.15) is 13.6 Å². The van der Waals surface area contributed by atoms with Crippen LogP contribution in [0.5, 0.6) is 0 Å². The zero-order valence-electron chi connectivity index (χ0n) is 12.1. The van der Waals surface area contributed by atoms with E-state index in [2.05, 4.69) is 0 Å². The SMILES string of the molecule is COCOCc1sc2ccccc2c(=O)c1COCOC. The smallest absolute Gasteiger partial charge is 0.193 e. The minimum absolute atomic E-state index is 0.0172. The maximum absolute atomic E-state index is 12.6. The Morgan fingerprint density at radius 1 is 1.00 bits per heavy atom. The van der Waals surface area contributed by atoms with Crippen LogP contribution < -0.4 is 5.43 Å². The molecule has 0 saturated heterocycles. The van der Waals surface area contributed by atoms with Gasteiger partial charge in [0.2, 0.25) is 0 Å². The van der Waals surface area contributed by atoms with E-state index in [1.165, 1.54) is 11.3 Å². The summed E-state index contributed by atoms with van der Waals surface area (Å²) < 4.78 is 21.4. The van der Waals surface area contributed by atoms with Gasteiger partial charge in [0, 0.05) is 34.7 Å². The third-order valence-corrected chi connectivity index (χ3v) is 4.04. The second kappa shape index (κ2) is 8.21. The summed E-state index contributed by atoms with van der Waals surface area (Å²) in [5.41, 5.74) is 0.600. The average Bonchev–Trinajstić information content (AvgIpc) is 2.50. The minimum atomic E-state index is -0.0172. The molecule has 2 rings (SSSR count). The summed E-state index contributed by atoms with van der Waals surface area (Å²) in [6.07, 6.45) is 0. The van der Waals surface area contributed by atoms with Crippen LogP contribution in [0.15, 0.2) is 29.1 Å². The molecule has 0 radical (unpaired) electrons. The molecule has 0 aliphatic carbocycles. The number of fused-ring (bicyclic) bond motifs is 1. The van der Waals surface area contributed by atoms with E-state index in [1.54, 1.807) is 14.2 Å². The fourth-order valence-corrected chi connectivity index (χ4v) is 3.03. The number of hydrogen-bond acceptors (Lipinski definition) is 6. The minimum Gasteiger partial charge on any atom is -0.359 e. The summed E-state index contributed by atoms with van der Waals surface area (Å²) in [7, 11) is 3.11. The van der Waals surface area contributed by atoms with Crippen molar-refractivity contribution in [2.24, 2.45) is 0 Å². The number of methoxy groups -OCH3 is 2. The molecular weight excluding hydrogens is 292 g/mol. The quantitative estimate of drug-likeness (QED) is 0.554. The largest absolute Gasteiger partial charge is 0.359 e. The molecule has 0 aliphatic heterocycles. The van der Waals surface area contributed by atoms with Gasteiger partial charge in [-0.3, -0.25) is 4.79 Å². The lowest BCUT2D eigenvalue weighted by Crippen LogP contribution is -2.14. The van der Waals surface area contributed by atoms with Crippen LogP contribution in [0.2, 0.25) is 0 Å². The van der Waals surface area contributed by atoms with Crippen molar-refractivity contribution >= 4 is 21.4 Å². The normalized spacial score (nSPS) is 11.1. The van der Waals surface area contributed by atoms with Crippen LogP contribution in [0.3, 0.4) is 0 Å². The Hall–Kier alpha value is -1.31. The van der Waals surface area contributed by atoms with Crippen LogP contribution in [0, 0.1) is 0 Å². The van der Waals surface area contributed by atoms with Gasteiger partial charge in [-0.25, -0.2) is 0 Å². The van der Waals surface area contributed by atoms with Crippen LogP contribution in [-0.2, 0) is 32.2 Å². The molecule has 21 heavy (non-hydrogen) atoms. The highest BCUT2D eigenvalue weighted by molar-refractivity contribution is 7.18. The lowest BCUT2D eigenvalue weighted by molar-refractivity contribution is -0.0450. The highest BCUT2D eigenvalue weighted by atomic mass is 32.1. The standard InChI is InChI=1S/C15H18O5S/c1-17-9-19-7-12-14(8-20-10-18-2)21-13-6-4-3-5-11(13)15(12)16/h3-6H,7-10H2,1-2H3.